The fourth-order valence-electron chi connectivity index (χ4n) is 3.30. The summed E-state index contributed by atoms with van der Waals surface area (Å²) in [6.45, 7) is 0. The third-order valence-electron chi connectivity index (χ3n) is 4.73. The maximum absolute atomic E-state index is 12.7. The lowest BCUT2D eigenvalue weighted by atomic mass is 10.0. The van der Waals surface area contributed by atoms with Crippen molar-refractivity contribution in [2.24, 2.45) is 7.05 Å². The highest BCUT2D eigenvalue weighted by Gasteiger charge is 2.54. The molecule has 2 aliphatic heterocycles. The largest absolute Gasteiger partial charge is 0.477 e. The second kappa shape index (κ2) is 8.48. The van der Waals surface area contributed by atoms with Gasteiger partial charge in [-0.2, -0.15) is 0 Å². The number of fused-ring (bicyclic) bond motifs is 1. The van der Waals surface area contributed by atoms with E-state index in [9.17, 15) is 19.5 Å². The number of carbonyl (C=O) groups excluding carboxylic acids is 2. The number of aliphatic carboxylic acids is 1. The maximum Gasteiger partial charge on any atom is 0.352 e. The van der Waals surface area contributed by atoms with Crippen LogP contribution in [0.3, 0.4) is 0 Å². The van der Waals surface area contributed by atoms with Crippen LogP contribution in [0.15, 0.2) is 46.8 Å². The summed E-state index contributed by atoms with van der Waals surface area (Å²) in [4.78, 5) is 38.2. The number of aromatic nitrogens is 4. The summed E-state index contributed by atoms with van der Waals surface area (Å²) >= 11 is 2.75. The van der Waals surface area contributed by atoms with Crippen molar-refractivity contribution in [1.29, 1.82) is 0 Å². The summed E-state index contributed by atoms with van der Waals surface area (Å²) < 4.78 is 1.50. The lowest BCUT2D eigenvalue weighted by Crippen LogP contribution is -2.70. The number of aryl methyl sites for hydroxylation is 1. The normalized spacial score (nSPS) is 20.6. The summed E-state index contributed by atoms with van der Waals surface area (Å²) in [5, 5.41) is 23.8. The Balaban J connectivity index is 1.44. The van der Waals surface area contributed by atoms with Crippen LogP contribution in [0, 0.1) is 0 Å². The fourth-order valence-corrected chi connectivity index (χ4v) is 5.63. The Morgan fingerprint density at radius 2 is 2.10 bits per heavy atom. The minimum Gasteiger partial charge on any atom is -0.477 e. The van der Waals surface area contributed by atoms with Gasteiger partial charge in [0.05, 0.1) is 6.42 Å². The first-order chi connectivity index (χ1) is 14.5. The molecule has 2 N–H and O–H groups in total. The fraction of sp³-hybridized carbons (Fsp3) is 0.333. The third-order valence-corrected chi connectivity index (χ3v) is 7.17. The molecule has 10 nitrogen and oxygen atoms in total. The Kier molecular flexibility index (Phi) is 5.77. The van der Waals surface area contributed by atoms with Gasteiger partial charge in [-0.15, -0.1) is 16.9 Å². The van der Waals surface area contributed by atoms with E-state index in [2.05, 4.69) is 20.8 Å². The molecule has 1 aromatic heterocycles. The first-order valence-corrected chi connectivity index (χ1v) is 11.1. The van der Waals surface area contributed by atoms with Gasteiger partial charge in [-0.1, -0.05) is 42.1 Å². The second-order valence-corrected chi connectivity index (χ2v) is 8.80. The number of tetrazole rings is 1. The predicted molar refractivity (Wildman–Crippen MR) is 109 cm³/mol. The molecule has 12 heteroatoms. The molecule has 0 aliphatic carbocycles. The third kappa shape index (κ3) is 3.92. The van der Waals surface area contributed by atoms with Crippen LogP contribution in [0.25, 0.3) is 0 Å². The van der Waals surface area contributed by atoms with E-state index in [1.165, 1.54) is 33.1 Å². The highest BCUT2D eigenvalue weighted by atomic mass is 32.2. The molecule has 2 atom stereocenters. The molecule has 4 rings (SSSR count). The minimum absolute atomic E-state index is 0.0139. The van der Waals surface area contributed by atoms with Crippen molar-refractivity contribution in [3.63, 3.8) is 0 Å². The average Bonchev–Trinajstić information content (AvgIpc) is 3.15. The number of rotatable bonds is 7. The standard InChI is InChI=1S/C18H18N6O4S2/c1-23-18(20-21-22-23)30-9-11-8-29-16-13(15(26)24(16)14(11)17(27)28)19-12(25)7-10-5-3-2-4-6-10/h2-6,13,16H,7-9H2,1H3,(H,19,25)(H,27,28)/t13-,16-/m1/s1. The van der Waals surface area contributed by atoms with Crippen LogP contribution in [-0.4, -0.2) is 70.9 Å². The Bertz CT molecular complexity index is 1020. The summed E-state index contributed by atoms with van der Waals surface area (Å²) in [6.07, 6.45) is 0.164. The number of hydrogen-bond acceptors (Lipinski definition) is 8. The molecule has 1 saturated heterocycles. The molecular weight excluding hydrogens is 428 g/mol. The van der Waals surface area contributed by atoms with Crippen molar-refractivity contribution < 1.29 is 19.5 Å². The summed E-state index contributed by atoms with van der Waals surface area (Å²) in [6, 6.07) is 8.51. The number of amides is 2. The van der Waals surface area contributed by atoms with E-state index in [1.807, 2.05) is 30.3 Å². The van der Waals surface area contributed by atoms with E-state index in [0.717, 1.165) is 5.56 Å². The molecule has 2 aliphatic rings. The predicted octanol–water partition coefficient (Wildman–Crippen LogP) is 0.284. The smallest absolute Gasteiger partial charge is 0.352 e. The maximum atomic E-state index is 12.7. The summed E-state index contributed by atoms with van der Waals surface area (Å²) in [5.74, 6) is -1.04. The Morgan fingerprint density at radius 1 is 1.33 bits per heavy atom. The molecule has 156 valence electrons. The van der Waals surface area contributed by atoms with E-state index in [-0.39, 0.29) is 18.0 Å². The van der Waals surface area contributed by atoms with Crippen LogP contribution in [-0.2, 0) is 27.9 Å². The van der Waals surface area contributed by atoms with Gasteiger partial charge in [0, 0.05) is 18.6 Å². The number of benzene rings is 1. The van der Waals surface area contributed by atoms with E-state index in [1.54, 1.807) is 7.05 Å². The van der Waals surface area contributed by atoms with Crippen LogP contribution >= 0.6 is 23.5 Å². The molecule has 0 spiro atoms. The van der Waals surface area contributed by atoms with E-state index in [0.29, 0.717) is 22.2 Å². The summed E-state index contributed by atoms with van der Waals surface area (Å²) in [7, 11) is 1.70. The topological polar surface area (TPSA) is 130 Å². The number of nitrogens with one attached hydrogen (secondary N) is 1. The number of hydrogen-bond donors (Lipinski definition) is 2. The van der Waals surface area contributed by atoms with Crippen molar-refractivity contribution in [2.75, 3.05) is 11.5 Å². The van der Waals surface area contributed by atoms with Crippen molar-refractivity contribution in [1.82, 2.24) is 30.4 Å². The SMILES string of the molecule is Cn1nnnc1SCC1=C(C(=O)O)N2C(=O)[C@@H](NC(=O)Cc3ccccc3)[C@H]2SC1. The van der Waals surface area contributed by atoms with Crippen LogP contribution in [0.1, 0.15) is 5.56 Å². The number of β-lactam (4-membered cyclic amide) rings is 1. The first kappa shape index (κ1) is 20.4. The lowest BCUT2D eigenvalue weighted by Gasteiger charge is -2.49. The van der Waals surface area contributed by atoms with Gasteiger partial charge in [-0.05, 0) is 21.6 Å². The van der Waals surface area contributed by atoms with Crippen LogP contribution < -0.4 is 5.32 Å². The van der Waals surface area contributed by atoms with Gasteiger partial charge >= 0.3 is 5.97 Å². The number of carbonyl (C=O) groups is 3. The molecular formula is C18H18N6O4S2. The molecule has 0 radical (unpaired) electrons. The molecule has 1 aromatic carbocycles. The first-order valence-electron chi connectivity index (χ1n) is 9.04. The number of thioether (sulfide) groups is 2. The van der Waals surface area contributed by atoms with E-state index < -0.39 is 23.3 Å². The van der Waals surface area contributed by atoms with Crippen molar-refractivity contribution in [3.05, 3.63) is 47.2 Å². The van der Waals surface area contributed by atoms with E-state index >= 15 is 0 Å². The number of carboxylic acid groups (broad SMARTS) is 1. The number of nitrogens with zero attached hydrogens (tertiary/aromatic N) is 5. The molecule has 2 aromatic rings. The minimum atomic E-state index is -1.16. The lowest BCUT2D eigenvalue weighted by molar-refractivity contribution is -0.150. The van der Waals surface area contributed by atoms with Crippen LogP contribution in [0.2, 0.25) is 0 Å². The van der Waals surface area contributed by atoms with E-state index in [4.69, 9.17) is 0 Å². The average molecular weight is 447 g/mol. The Labute approximate surface area is 180 Å². The highest BCUT2D eigenvalue weighted by Crippen LogP contribution is 2.41. The quantitative estimate of drug-likeness (QED) is 0.455. The molecule has 1 fully saturated rings. The molecule has 0 unspecified atom stereocenters. The van der Waals surface area contributed by atoms with Crippen LogP contribution in [0.4, 0.5) is 0 Å². The molecule has 0 bridgehead atoms. The second-order valence-electron chi connectivity index (χ2n) is 6.75. The van der Waals surface area contributed by atoms with Gasteiger partial charge in [0.2, 0.25) is 11.1 Å². The summed E-state index contributed by atoms with van der Waals surface area (Å²) in [5.41, 5.74) is 1.46. The molecule has 2 amide bonds. The van der Waals surface area contributed by atoms with Gasteiger partial charge in [-0.25, -0.2) is 9.48 Å². The zero-order chi connectivity index (χ0) is 21.3. The van der Waals surface area contributed by atoms with Crippen molar-refractivity contribution >= 4 is 41.3 Å². The highest BCUT2D eigenvalue weighted by molar-refractivity contribution is 8.01. The zero-order valence-electron chi connectivity index (χ0n) is 15.9. The van der Waals surface area contributed by atoms with Crippen LogP contribution in [0.5, 0.6) is 0 Å². The molecule has 30 heavy (non-hydrogen) atoms. The van der Waals surface area contributed by atoms with Gasteiger partial charge in [-0.3, -0.25) is 14.5 Å². The van der Waals surface area contributed by atoms with Gasteiger partial charge in [0.25, 0.3) is 5.91 Å². The molecule has 3 heterocycles. The molecule has 0 saturated carbocycles. The Morgan fingerprint density at radius 3 is 2.77 bits per heavy atom. The van der Waals surface area contributed by atoms with Crippen molar-refractivity contribution in [3.8, 4) is 0 Å². The number of carboxylic acids is 1. The van der Waals surface area contributed by atoms with Gasteiger partial charge in [0.1, 0.15) is 17.1 Å². The monoisotopic (exact) mass is 446 g/mol. The van der Waals surface area contributed by atoms with Gasteiger partial charge in [0.15, 0.2) is 0 Å². The van der Waals surface area contributed by atoms with Gasteiger partial charge < -0.3 is 10.4 Å². The Hall–Kier alpha value is -2.86. The van der Waals surface area contributed by atoms with Crippen molar-refractivity contribution in [2.45, 2.75) is 23.0 Å². The zero-order valence-corrected chi connectivity index (χ0v) is 17.5.